The van der Waals surface area contributed by atoms with Crippen LogP contribution in [0, 0.1) is 10.1 Å². The summed E-state index contributed by atoms with van der Waals surface area (Å²) in [4.78, 5) is 22.3. The Labute approximate surface area is 149 Å². The Hall–Kier alpha value is -3.42. The Balaban J connectivity index is 1.62. The maximum atomic E-state index is 12.2. The van der Waals surface area contributed by atoms with Crippen molar-refractivity contribution in [3.63, 3.8) is 0 Å². The Morgan fingerprint density at radius 1 is 1.27 bits per heavy atom. The number of carbonyl (C=O) groups is 1. The third-order valence-corrected chi connectivity index (χ3v) is 3.83. The second-order valence-electron chi connectivity index (χ2n) is 5.64. The van der Waals surface area contributed by atoms with Gasteiger partial charge in [0.05, 0.1) is 17.2 Å². The first-order valence-electron chi connectivity index (χ1n) is 8.04. The smallest absolute Gasteiger partial charge is 0.280 e. The van der Waals surface area contributed by atoms with Gasteiger partial charge in [-0.2, -0.15) is 5.10 Å². The number of non-ortho nitro benzene ring substituents is 1. The van der Waals surface area contributed by atoms with E-state index in [4.69, 9.17) is 9.47 Å². The average molecular weight is 355 g/mol. The predicted molar refractivity (Wildman–Crippen MR) is 94.4 cm³/mol. The minimum Gasteiger partial charge on any atom is -0.492 e. The van der Waals surface area contributed by atoms with E-state index >= 15 is 0 Å². The maximum Gasteiger partial charge on any atom is 0.280 e. The normalized spacial score (nSPS) is 15.5. The van der Waals surface area contributed by atoms with Gasteiger partial charge in [0.15, 0.2) is 6.10 Å². The third kappa shape index (κ3) is 3.97. The Morgan fingerprint density at radius 2 is 2.00 bits per heavy atom. The molecule has 2 aromatic carbocycles. The summed E-state index contributed by atoms with van der Waals surface area (Å²) in [7, 11) is 0. The summed E-state index contributed by atoms with van der Waals surface area (Å²) < 4.78 is 11.0. The number of para-hydroxylation sites is 1. The van der Waals surface area contributed by atoms with E-state index in [1.165, 1.54) is 24.3 Å². The van der Waals surface area contributed by atoms with Crippen molar-refractivity contribution in [2.45, 2.75) is 19.4 Å². The summed E-state index contributed by atoms with van der Waals surface area (Å²) in [5, 5.41) is 14.8. The van der Waals surface area contributed by atoms with Gasteiger partial charge in [-0.15, -0.1) is 0 Å². The lowest BCUT2D eigenvalue weighted by Crippen LogP contribution is -2.34. The van der Waals surface area contributed by atoms with Crippen LogP contribution in [0.5, 0.6) is 11.5 Å². The van der Waals surface area contributed by atoms with E-state index in [1.807, 2.05) is 24.3 Å². The number of ether oxygens (including phenoxy) is 2. The molecular formula is C18H17N3O5. The van der Waals surface area contributed by atoms with Crippen LogP contribution in [0.1, 0.15) is 18.9 Å². The number of hydrazone groups is 1. The van der Waals surface area contributed by atoms with E-state index < -0.39 is 16.9 Å². The summed E-state index contributed by atoms with van der Waals surface area (Å²) in [6.07, 6.45) is -0.217. The number of nitro benzene ring substituents is 1. The van der Waals surface area contributed by atoms with Gasteiger partial charge in [0.1, 0.15) is 11.5 Å². The SMILES string of the molecule is CC(Oc1ccc([N+](=O)[O-])cc1)C(=O)N/N=C1/CCOc2ccccc21. The van der Waals surface area contributed by atoms with Crippen molar-refractivity contribution in [3.05, 3.63) is 64.2 Å². The van der Waals surface area contributed by atoms with Crippen LogP contribution in [0.3, 0.4) is 0 Å². The number of hydrogen-bond acceptors (Lipinski definition) is 6. The highest BCUT2D eigenvalue weighted by atomic mass is 16.6. The second kappa shape index (κ2) is 7.64. The molecule has 0 spiro atoms. The lowest BCUT2D eigenvalue weighted by atomic mass is 10.0. The molecule has 1 amide bonds. The van der Waals surface area contributed by atoms with E-state index in [0.717, 1.165) is 17.0 Å². The highest BCUT2D eigenvalue weighted by molar-refractivity contribution is 6.04. The van der Waals surface area contributed by atoms with Gasteiger partial charge in [0, 0.05) is 24.1 Å². The van der Waals surface area contributed by atoms with Gasteiger partial charge in [0.25, 0.3) is 11.6 Å². The van der Waals surface area contributed by atoms with Gasteiger partial charge in [-0.25, -0.2) is 5.43 Å². The molecule has 1 heterocycles. The van der Waals surface area contributed by atoms with Crippen molar-refractivity contribution < 1.29 is 19.2 Å². The van der Waals surface area contributed by atoms with Crippen LogP contribution in [0.15, 0.2) is 53.6 Å². The largest absolute Gasteiger partial charge is 0.492 e. The molecule has 3 rings (SSSR count). The molecule has 0 aromatic heterocycles. The number of amides is 1. The molecule has 26 heavy (non-hydrogen) atoms. The average Bonchev–Trinajstić information content (AvgIpc) is 2.66. The van der Waals surface area contributed by atoms with Gasteiger partial charge in [-0.1, -0.05) is 12.1 Å². The number of fused-ring (bicyclic) bond motifs is 1. The van der Waals surface area contributed by atoms with Gasteiger partial charge in [0.2, 0.25) is 0 Å². The number of hydrogen-bond donors (Lipinski definition) is 1. The molecule has 0 saturated carbocycles. The fourth-order valence-corrected chi connectivity index (χ4v) is 2.46. The Kier molecular flexibility index (Phi) is 5.12. The zero-order valence-corrected chi connectivity index (χ0v) is 14.0. The molecule has 1 N–H and O–H groups in total. The van der Waals surface area contributed by atoms with Gasteiger partial charge >= 0.3 is 0 Å². The fourth-order valence-electron chi connectivity index (χ4n) is 2.46. The number of rotatable bonds is 5. The second-order valence-corrected chi connectivity index (χ2v) is 5.64. The molecule has 0 aliphatic carbocycles. The highest BCUT2D eigenvalue weighted by Crippen LogP contribution is 2.24. The van der Waals surface area contributed by atoms with Crippen LogP contribution in [0.4, 0.5) is 5.69 Å². The van der Waals surface area contributed by atoms with Gasteiger partial charge in [-0.3, -0.25) is 14.9 Å². The van der Waals surface area contributed by atoms with E-state index in [1.54, 1.807) is 6.92 Å². The number of benzene rings is 2. The van der Waals surface area contributed by atoms with Crippen molar-refractivity contribution in [1.82, 2.24) is 5.43 Å². The molecule has 134 valence electrons. The lowest BCUT2D eigenvalue weighted by Gasteiger charge is -2.19. The summed E-state index contributed by atoms with van der Waals surface area (Å²) in [6.45, 7) is 2.08. The molecule has 1 aliphatic rings. The maximum absolute atomic E-state index is 12.2. The Bertz CT molecular complexity index is 848. The standard InChI is InChI=1S/C18H17N3O5/c1-12(26-14-8-6-13(7-9-14)21(23)24)18(22)20-19-16-10-11-25-17-5-3-2-4-15(16)17/h2-9,12H,10-11H2,1H3,(H,20,22)/b19-16-. The van der Waals surface area contributed by atoms with Crippen LogP contribution in [0.25, 0.3) is 0 Å². The molecule has 8 nitrogen and oxygen atoms in total. The van der Waals surface area contributed by atoms with Crippen molar-refractivity contribution >= 4 is 17.3 Å². The molecule has 2 aromatic rings. The number of nitro groups is 1. The minimum absolute atomic E-state index is 0.0426. The fraction of sp³-hybridized carbons (Fsp3) is 0.222. The summed E-state index contributed by atoms with van der Waals surface area (Å²) in [6, 6.07) is 13.0. The summed E-state index contributed by atoms with van der Waals surface area (Å²) in [5.74, 6) is 0.684. The molecule has 0 bridgehead atoms. The first-order valence-corrected chi connectivity index (χ1v) is 8.04. The molecule has 0 radical (unpaired) electrons. The molecule has 1 aliphatic heterocycles. The van der Waals surface area contributed by atoms with Crippen LogP contribution in [-0.2, 0) is 4.79 Å². The number of nitrogens with one attached hydrogen (secondary N) is 1. The third-order valence-electron chi connectivity index (χ3n) is 3.83. The molecule has 0 fully saturated rings. The molecule has 1 atom stereocenters. The highest BCUT2D eigenvalue weighted by Gasteiger charge is 2.18. The first kappa shape index (κ1) is 17.4. The minimum atomic E-state index is -0.809. The van der Waals surface area contributed by atoms with E-state index in [2.05, 4.69) is 10.5 Å². The monoisotopic (exact) mass is 355 g/mol. The zero-order valence-electron chi connectivity index (χ0n) is 14.0. The van der Waals surface area contributed by atoms with Crippen LogP contribution in [0.2, 0.25) is 0 Å². The predicted octanol–water partition coefficient (Wildman–Crippen LogP) is 2.67. The molecule has 0 saturated heterocycles. The van der Waals surface area contributed by atoms with Crippen LogP contribution < -0.4 is 14.9 Å². The van der Waals surface area contributed by atoms with Crippen LogP contribution in [-0.4, -0.2) is 29.3 Å². The van der Waals surface area contributed by atoms with E-state index in [-0.39, 0.29) is 5.69 Å². The van der Waals surface area contributed by atoms with Gasteiger partial charge in [-0.05, 0) is 31.2 Å². The molecule has 8 heteroatoms. The topological polar surface area (TPSA) is 103 Å². The first-order chi connectivity index (χ1) is 12.5. The van der Waals surface area contributed by atoms with Crippen molar-refractivity contribution in [3.8, 4) is 11.5 Å². The number of nitrogens with zero attached hydrogens (tertiary/aromatic N) is 2. The summed E-state index contributed by atoms with van der Waals surface area (Å²) in [5.41, 5.74) is 4.05. The summed E-state index contributed by atoms with van der Waals surface area (Å²) >= 11 is 0. The Morgan fingerprint density at radius 3 is 2.73 bits per heavy atom. The van der Waals surface area contributed by atoms with Crippen molar-refractivity contribution in [2.24, 2.45) is 5.10 Å². The van der Waals surface area contributed by atoms with Crippen molar-refractivity contribution in [1.29, 1.82) is 0 Å². The van der Waals surface area contributed by atoms with Crippen molar-refractivity contribution in [2.75, 3.05) is 6.61 Å². The zero-order chi connectivity index (χ0) is 18.5. The lowest BCUT2D eigenvalue weighted by molar-refractivity contribution is -0.384. The molecular weight excluding hydrogens is 338 g/mol. The quantitative estimate of drug-likeness (QED) is 0.656. The van der Waals surface area contributed by atoms with Gasteiger partial charge < -0.3 is 9.47 Å². The van der Waals surface area contributed by atoms with Crippen LogP contribution >= 0.6 is 0 Å². The van der Waals surface area contributed by atoms with E-state index in [0.29, 0.717) is 18.8 Å². The number of carbonyl (C=O) groups excluding carboxylic acids is 1. The molecule has 1 unspecified atom stereocenters. The van der Waals surface area contributed by atoms with E-state index in [9.17, 15) is 14.9 Å².